The number of anilines is 1. The van der Waals surface area contributed by atoms with E-state index >= 15 is 0 Å². The van der Waals surface area contributed by atoms with Gasteiger partial charge in [-0.1, -0.05) is 17.7 Å². The molecule has 1 aliphatic heterocycles. The van der Waals surface area contributed by atoms with E-state index in [0.717, 1.165) is 43.4 Å². The van der Waals surface area contributed by atoms with Crippen molar-refractivity contribution in [2.24, 2.45) is 5.92 Å². The van der Waals surface area contributed by atoms with Crippen molar-refractivity contribution in [3.05, 3.63) is 34.9 Å². The third-order valence-corrected chi connectivity index (χ3v) is 3.72. The molecule has 1 aliphatic rings. The van der Waals surface area contributed by atoms with Crippen LogP contribution in [0.4, 0.5) is 5.69 Å². The Morgan fingerprint density at radius 2 is 2.40 bits per heavy atom. The molecule has 1 aromatic rings. The minimum Gasteiger partial charge on any atom is -0.478 e. The summed E-state index contributed by atoms with van der Waals surface area (Å²) in [5, 5.41) is 9.26. The van der Waals surface area contributed by atoms with Crippen molar-refractivity contribution in [1.29, 1.82) is 0 Å². The maximum Gasteiger partial charge on any atom is 0.328 e. The normalized spacial score (nSPS) is 18.9. The fraction of sp³-hybridized carbons (Fsp3) is 0.400. The third kappa shape index (κ3) is 3.74. The highest BCUT2D eigenvalue weighted by Crippen LogP contribution is 2.31. The van der Waals surface area contributed by atoms with Crippen LogP contribution < -0.4 is 4.90 Å². The van der Waals surface area contributed by atoms with Gasteiger partial charge in [0.2, 0.25) is 0 Å². The summed E-state index contributed by atoms with van der Waals surface area (Å²) in [7, 11) is 1.72. The van der Waals surface area contributed by atoms with E-state index in [4.69, 9.17) is 21.4 Å². The molecule has 0 aromatic heterocycles. The molecule has 1 N–H and O–H groups in total. The lowest BCUT2D eigenvalue weighted by molar-refractivity contribution is -0.131. The van der Waals surface area contributed by atoms with Gasteiger partial charge in [-0.15, -0.1) is 0 Å². The Bertz CT molecular complexity index is 516. The van der Waals surface area contributed by atoms with Gasteiger partial charge < -0.3 is 14.7 Å². The largest absolute Gasteiger partial charge is 0.478 e. The lowest BCUT2D eigenvalue weighted by Crippen LogP contribution is -2.21. The van der Waals surface area contributed by atoms with Crippen LogP contribution in [-0.4, -0.2) is 37.9 Å². The fourth-order valence-electron chi connectivity index (χ4n) is 2.47. The number of carbonyl (C=O) groups is 1. The van der Waals surface area contributed by atoms with Crippen LogP contribution in [0.2, 0.25) is 5.02 Å². The number of methoxy groups -OCH3 is 1. The molecule has 1 aromatic carbocycles. The van der Waals surface area contributed by atoms with Gasteiger partial charge in [0, 0.05) is 32.2 Å². The van der Waals surface area contributed by atoms with Crippen molar-refractivity contribution < 1.29 is 14.6 Å². The molecular weight excluding hydrogens is 278 g/mol. The van der Waals surface area contributed by atoms with Gasteiger partial charge in [-0.3, -0.25) is 0 Å². The van der Waals surface area contributed by atoms with Crippen molar-refractivity contribution in [3.8, 4) is 0 Å². The van der Waals surface area contributed by atoms with E-state index in [9.17, 15) is 4.79 Å². The summed E-state index contributed by atoms with van der Waals surface area (Å²) in [4.78, 5) is 12.7. The molecule has 0 spiro atoms. The zero-order valence-corrected chi connectivity index (χ0v) is 12.1. The first-order valence-corrected chi connectivity index (χ1v) is 6.92. The van der Waals surface area contributed by atoms with Crippen LogP contribution in [0, 0.1) is 5.92 Å². The van der Waals surface area contributed by atoms with Gasteiger partial charge in [0.15, 0.2) is 0 Å². The van der Waals surface area contributed by atoms with Crippen molar-refractivity contribution in [2.75, 3.05) is 31.7 Å². The molecule has 20 heavy (non-hydrogen) atoms. The molecular formula is C15H18ClNO3. The van der Waals surface area contributed by atoms with Gasteiger partial charge in [-0.2, -0.15) is 0 Å². The molecule has 0 radical (unpaired) electrons. The van der Waals surface area contributed by atoms with E-state index in [-0.39, 0.29) is 0 Å². The van der Waals surface area contributed by atoms with E-state index < -0.39 is 5.97 Å². The van der Waals surface area contributed by atoms with Gasteiger partial charge in [-0.05, 0) is 30.2 Å². The Hall–Kier alpha value is -1.52. The lowest BCUT2D eigenvalue weighted by atomic mass is 10.1. The summed E-state index contributed by atoms with van der Waals surface area (Å²) in [6.07, 6.45) is 3.75. The number of carboxylic acids is 1. The van der Waals surface area contributed by atoms with Gasteiger partial charge in [0.1, 0.15) is 0 Å². The molecule has 0 saturated carbocycles. The fourth-order valence-corrected chi connectivity index (χ4v) is 2.78. The molecule has 1 heterocycles. The van der Waals surface area contributed by atoms with Crippen LogP contribution in [0.3, 0.4) is 0 Å². The zero-order chi connectivity index (χ0) is 14.5. The van der Waals surface area contributed by atoms with Crippen molar-refractivity contribution in [3.63, 3.8) is 0 Å². The van der Waals surface area contributed by atoms with E-state index in [0.29, 0.717) is 10.9 Å². The number of aliphatic carboxylic acids is 1. The Labute approximate surface area is 123 Å². The summed E-state index contributed by atoms with van der Waals surface area (Å²) in [5.41, 5.74) is 1.78. The average Bonchev–Trinajstić information content (AvgIpc) is 2.85. The van der Waals surface area contributed by atoms with Crippen molar-refractivity contribution in [2.45, 2.75) is 6.42 Å². The maximum absolute atomic E-state index is 10.5. The second kappa shape index (κ2) is 6.77. The molecule has 0 aliphatic carbocycles. The number of halogens is 1. The number of benzene rings is 1. The van der Waals surface area contributed by atoms with Crippen LogP contribution in [-0.2, 0) is 9.53 Å². The first-order valence-electron chi connectivity index (χ1n) is 6.54. The van der Waals surface area contributed by atoms with Gasteiger partial charge in [0.05, 0.1) is 17.3 Å². The number of hydrogen-bond acceptors (Lipinski definition) is 3. The second-order valence-corrected chi connectivity index (χ2v) is 5.35. The molecule has 5 heteroatoms. The zero-order valence-electron chi connectivity index (χ0n) is 11.4. The second-order valence-electron chi connectivity index (χ2n) is 4.94. The first kappa shape index (κ1) is 14.9. The molecule has 4 nitrogen and oxygen atoms in total. The summed E-state index contributed by atoms with van der Waals surface area (Å²) < 4.78 is 5.19. The Kier molecular flexibility index (Phi) is 5.04. The predicted molar refractivity (Wildman–Crippen MR) is 80.3 cm³/mol. The summed E-state index contributed by atoms with van der Waals surface area (Å²) in [5.74, 6) is -0.421. The van der Waals surface area contributed by atoms with Gasteiger partial charge in [-0.25, -0.2) is 4.79 Å². The van der Waals surface area contributed by atoms with Gasteiger partial charge >= 0.3 is 5.97 Å². The van der Waals surface area contributed by atoms with E-state index in [1.54, 1.807) is 13.2 Å². The SMILES string of the molecule is COCC1CCN(c2ccc(/C=C/C(=O)O)cc2Cl)C1. The molecule has 0 amide bonds. The molecule has 1 unspecified atom stereocenters. The number of carboxylic acid groups (broad SMARTS) is 1. The Morgan fingerprint density at radius 3 is 3.05 bits per heavy atom. The van der Waals surface area contributed by atoms with E-state index in [2.05, 4.69) is 4.90 Å². The highest BCUT2D eigenvalue weighted by atomic mass is 35.5. The van der Waals surface area contributed by atoms with Crippen LogP contribution >= 0.6 is 11.6 Å². The predicted octanol–water partition coefficient (Wildman–Crippen LogP) is 2.91. The Balaban J connectivity index is 2.08. The lowest BCUT2D eigenvalue weighted by Gasteiger charge is -2.20. The molecule has 1 saturated heterocycles. The highest BCUT2D eigenvalue weighted by molar-refractivity contribution is 6.33. The molecule has 108 valence electrons. The summed E-state index contributed by atoms with van der Waals surface area (Å²) in [6, 6.07) is 5.61. The number of hydrogen-bond donors (Lipinski definition) is 1. The number of nitrogens with zero attached hydrogens (tertiary/aromatic N) is 1. The van der Waals surface area contributed by atoms with E-state index in [1.165, 1.54) is 6.08 Å². The highest BCUT2D eigenvalue weighted by Gasteiger charge is 2.23. The molecule has 0 bridgehead atoms. The Morgan fingerprint density at radius 1 is 1.60 bits per heavy atom. The molecule has 1 atom stereocenters. The minimum absolute atomic E-state index is 0.544. The van der Waals surface area contributed by atoms with Crippen LogP contribution in [0.1, 0.15) is 12.0 Å². The minimum atomic E-state index is -0.966. The van der Waals surface area contributed by atoms with E-state index in [1.807, 2.05) is 12.1 Å². The summed E-state index contributed by atoms with van der Waals surface area (Å²) in [6.45, 7) is 2.68. The van der Waals surface area contributed by atoms with Crippen LogP contribution in [0.25, 0.3) is 6.08 Å². The molecule has 1 fully saturated rings. The smallest absolute Gasteiger partial charge is 0.328 e. The first-order chi connectivity index (χ1) is 9.60. The van der Waals surface area contributed by atoms with Crippen molar-refractivity contribution in [1.82, 2.24) is 0 Å². The maximum atomic E-state index is 10.5. The third-order valence-electron chi connectivity index (χ3n) is 3.42. The monoisotopic (exact) mass is 295 g/mol. The quantitative estimate of drug-likeness (QED) is 0.849. The average molecular weight is 296 g/mol. The van der Waals surface area contributed by atoms with Crippen LogP contribution in [0.5, 0.6) is 0 Å². The summed E-state index contributed by atoms with van der Waals surface area (Å²) >= 11 is 6.30. The standard InChI is InChI=1S/C15H18ClNO3/c1-20-10-12-6-7-17(9-12)14-4-2-11(8-13(14)16)3-5-15(18)19/h2-5,8,12H,6-7,9-10H2,1H3,(H,18,19)/b5-3+. The topological polar surface area (TPSA) is 49.8 Å². The number of ether oxygens (including phenoxy) is 1. The number of rotatable bonds is 5. The van der Waals surface area contributed by atoms with Gasteiger partial charge in [0.25, 0.3) is 0 Å². The van der Waals surface area contributed by atoms with Crippen molar-refractivity contribution >= 4 is 29.3 Å². The molecule has 2 rings (SSSR count). The van der Waals surface area contributed by atoms with Crippen LogP contribution in [0.15, 0.2) is 24.3 Å².